The molecule has 3 rings (SSSR count). The molecule has 0 unspecified atom stereocenters. The molecule has 0 spiro atoms. The largest absolute Gasteiger partial charge is 0.494 e. The quantitative estimate of drug-likeness (QED) is 0.658. The van der Waals surface area contributed by atoms with Gasteiger partial charge in [0.05, 0.1) is 29.5 Å². The van der Waals surface area contributed by atoms with Crippen LogP contribution in [0.4, 0.5) is 15.6 Å². The van der Waals surface area contributed by atoms with Gasteiger partial charge in [0.1, 0.15) is 5.75 Å². The van der Waals surface area contributed by atoms with Gasteiger partial charge in [-0.2, -0.15) is 0 Å². The molecule has 0 aliphatic heterocycles. The van der Waals surface area contributed by atoms with E-state index in [0.29, 0.717) is 28.5 Å². The number of nitrogens with one attached hydrogen (secondary N) is 2. The number of amides is 2. The normalized spacial score (nSPS) is 10.4. The van der Waals surface area contributed by atoms with E-state index in [4.69, 9.17) is 9.47 Å². The fraction of sp³-hybridized carbons (Fsp3) is 0.167. The van der Waals surface area contributed by atoms with Crippen molar-refractivity contribution in [3.63, 3.8) is 0 Å². The van der Waals surface area contributed by atoms with E-state index < -0.39 is 12.0 Å². The number of hydrogen-bond acceptors (Lipinski definition) is 6. The number of thiazole rings is 1. The molecule has 3 aromatic rings. The lowest BCUT2D eigenvalue weighted by molar-refractivity contribution is 0.0601. The number of esters is 1. The average molecular weight is 371 g/mol. The number of methoxy groups -OCH3 is 1. The Morgan fingerprint density at radius 2 is 1.88 bits per heavy atom. The molecule has 0 saturated carbocycles. The maximum Gasteiger partial charge on any atom is 0.337 e. The van der Waals surface area contributed by atoms with Crippen LogP contribution in [0.1, 0.15) is 17.3 Å². The van der Waals surface area contributed by atoms with Gasteiger partial charge in [0.15, 0.2) is 5.13 Å². The lowest BCUT2D eigenvalue weighted by atomic mass is 10.2. The van der Waals surface area contributed by atoms with E-state index >= 15 is 0 Å². The fourth-order valence-corrected chi connectivity index (χ4v) is 3.18. The number of carbonyl (C=O) groups is 2. The van der Waals surface area contributed by atoms with Crippen LogP contribution >= 0.6 is 11.3 Å². The molecule has 0 aliphatic carbocycles. The maximum atomic E-state index is 12.1. The number of aromatic nitrogens is 1. The molecule has 26 heavy (non-hydrogen) atoms. The molecule has 2 aromatic carbocycles. The molecule has 0 fully saturated rings. The summed E-state index contributed by atoms with van der Waals surface area (Å²) in [4.78, 5) is 28.0. The molecule has 0 atom stereocenters. The fourth-order valence-electron chi connectivity index (χ4n) is 2.28. The van der Waals surface area contributed by atoms with Crippen molar-refractivity contribution in [1.29, 1.82) is 0 Å². The van der Waals surface area contributed by atoms with E-state index in [1.165, 1.54) is 18.4 Å². The first kappa shape index (κ1) is 17.7. The van der Waals surface area contributed by atoms with Crippen LogP contribution in [-0.2, 0) is 4.74 Å². The second-order valence-electron chi connectivity index (χ2n) is 5.23. The van der Waals surface area contributed by atoms with Crippen LogP contribution in [0.25, 0.3) is 10.2 Å². The van der Waals surface area contributed by atoms with E-state index in [-0.39, 0.29) is 0 Å². The van der Waals surface area contributed by atoms with Gasteiger partial charge in [-0.05, 0) is 49.4 Å². The van der Waals surface area contributed by atoms with Crippen LogP contribution in [0, 0.1) is 0 Å². The van der Waals surface area contributed by atoms with Crippen LogP contribution in [0.15, 0.2) is 42.5 Å². The second kappa shape index (κ2) is 7.83. The van der Waals surface area contributed by atoms with Gasteiger partial charge in [0, 0.05) is 5.69 Å². The number of urea groups is 1. The van der Waals surface area contributed by atoms with Crippen molar-refractivity contribution in [2.24, 2.45) is 0 Å². The van der Waals surface area contributed by atoms with Gasteiger partial charge in [-0.15, -0.1) is 0 Å². The lowest BCUT2D eigenvalue weighted by Crippen LogP contribution is -2.19. The number of nitrogens with zero attached hydrogens (tertiary/aromatic N) is 1. The second-order valence-corrected chi connectivity index (χ2v) is 6.26. The molecule has 8 heteroatoms. The first-order chi connectivity index (χ1) is 12.6. The smallest absolute Gasteiger partial charge is 0.337 e. The van der Waals surface area contributed by atoms with E-state index in [1.807, 2.05) is 6.92 Å². The van der Waals surface area contributed by atoms with Crippen molar-refractivity contribution < 1.29 is 19.1 Å². The zero-order valence-corrected chi connectivity index (χ0v) is 15.1. The van der Waals surface area contributed by atoms with Gasteiger partial charge in [-0.25, -0.2) is 14.6 Å². The zero-order chi connectivity index (χ0) is 18.5. The molecule has 134 valence electrons. The maximum absolute atomic E-state index is 12.1. The van der Waals surface area contributed by atoms with E-state index in [9.17, 15) is 9.59 Å². The molecule has 0 radical (unpaired) electrons. The van der Waals surface area contributed by atoms with Crippen molar-refractivity contribution in [3.05, 3.63) is 48.0 Å². The van der Waals surface area contributed by atoms with Crippen LogP contribution in [-0.4, -0.2) is 30.7 Å². The summed E-state index contributed by atoms with van der Waals surface area (Å²) in [5.41, 5.74) is 1.77. The Bertz CT molecular complexity index is 937. The molecule has 0 bridgehead atoms. The monoisotopic (exact) mass is 371 g/mol. The Morgan fingerprint density at radius 1 is 1.12 bits per heavy atom. The summed E-state index contributed by atoms with van der Waals surface area (Å²) < 4.78 is 10.8. The molecule has 2 amide bonds. The van der Waals surface area contributed by atoms with E-state index in [0.717, 1.165) is 10.4 Å². The van der Waals surface area contributed by atoms with Crippen LogP contribution in [0.3, 0.4) is 0 Å². The van der Waals surface area contributed by atoms with Crippen molar-refractivity contribution in [2.45, 2.75) is 6.92 Å². The molecule has 2 N–H and O–H groups in total. The van der Waals surface area contributed by atoms with Crippen molar-refractivity contribution in [3.8, 4) is 5.75 Å². The Balaban J connectivity index is 1.67. The zero-order valence-electron chi connectivity index (χ0n) is 14.2. The summed E-state index contributed by atoms with van der Waals surface area (Å²) in [5.74, 6) is 0.328. The predicted octanol–water partition coefficient (Wildman–Crippen LogP) is 4.13. The standard InChI is InChI=1S/C18H17N3O4S/c1-3-25-13-7-5-12(6-8-13)19-17(23)21-18-20-14-9-4-11(16(22)24-2)10-15(14)26-18/h4-10H,3H2,1-2H3,(H2,19,20,21,23). The minimum absolute atomic E-state index is 0.401. The highest BCUT2D eigenvalue weighted by Crippen LogP contribution is 2.27. The van der Waals surface area contributed by atoms with Gasteiger partial charge in [0.2, 0.25) is 0 Å². The number of rotatable bonds is 5. The Kier molecular flexibility index (Phi) is 5.33. The minimum Gasteiger partial charge on any atom is -0.494 e. The molecular formula is C18H17N3O4S. The first-order valence-electron chi connectivity index (χ1n) is 7.89. The molecule has 1 aromatic heterocycles. The Labute approximate surface area is 154 Å². The number of carbonyl (C=O) groups excluding carboxylic acids is 2. The highest BCUT2D eigenvalue weighted by Gasteiger charge is 2.11. The van der Waals surface area contributed by atoms with Gasteiger partial charge < -0.3 is 14.8 Å². The number of ether oxygens (including phenoxy) is 2. The van der Waals surface area contributed by atoms with Crippen LogP contribution < -0.4 is 15.4 Å². The number of anilines is 2. The SMILES string of the molecule is CCOc1ccc(NC(=O)Nc2nc3ccc(C(=O)OC)cc3s2)cc1. The summed E-state index contributed by atoms with van der Waals surface area (Å²) in [5, 5.41) is 5.86. The van der Waals surface area contributed by atoms with Crippen LogP contribution in [0.2, 0.25) is 0 Å². The summed E-state index contributed by atoms with van der Waals surface area (Å²) in [6, 6.07) is 11.7. The topological polar surface area (TPSA) is 89.5 Å². The third-order valence-corrected chi connectivity index (χ3v) is 4.39. The molecule has 0 saturated heterocycles. The third-order valence-electron chi connectivity index (χ3n) is 3.45. The summed E-state index contributed by atoms with van der Waals surface area (Å²) >= 11 is 1.28. The van der Waals surface area contributed by atoms with E-state index in [1.54, 1.807) is 42.5 Å². The summed E-state index contributed by atoms with van der Waals surface area (Å²) in [6.45, 7) is 2.49. The molecule has 1 heterocycles. The first-order valence-corrected chi connectivity index (χ1v) is 8.70. The number of hydrogen-bond donors (Lipinski definition) is 2. The van der Waals surface area contributed by atoms with Gasteiger partial charge in [0.25, 0.3) is 0 Å². The average Bonchev–Trinajstić information content (AvgIpc) is 3.04. The molecule has 7 nitrogen and oxygen atoms in total. The van der Waals surface area contributed by atoms with Crippen LogP contribution in [0.5, 0.6) is 5.75 Å². The number of benzene rings is 2. The Morgan fingerprint density at radius 3 is 2.58 bits per heavy atom. The van der Waals surface area contributed by atoms with Gasteiger partial charge in [-0.1, -0.05) is 11.3 Å². The highest BCUT2D eigenvalue weighted by atomic mass is 32.1. The van der Waals surface area contributed by atoms with Crippen molar-refractivity contribution >= 4 is 44.4 Å². The highest BCUT2D eigenvalue weighted by molar-refractivity contribution is 7.22. The summed E-state index contributed by atoms with van der Waals surface area (Å²) in [6.07, 6.45) is 0. The van der Waals surface area contributed by atoms with Crippen molar-refractivity contribution in [1.82, 2.24) is 4.98 Å². The minimum atomic E-state index is -0.414. The molecular weight excluding hydrogens is 354 g/mol. The Hall–Kier alpha value is -3.13. The van der Waals surface area contributed by atoms with E-state index in [2.05, 4.69) is 15.6 Å². The number of fused-ring (bicyclic) bond motifs is 1. The van der Waals surface area contributed by atoms with Crippen molar-refractivity contribution in [2.75, 3.05) is 24.4 Å². The van der Waals surface area contributed by atoms with Gasteiger partial charge in [-0.3, -0.25) is 5.32 Å². The summed E-state index contributed by atoms with van der Waals surface area (Å²) in [7, 11) is 1.33. The molecule has 0 aliphatic rings. The predicted molar refractivity (Wildman–Crippen MR) is 101 cm³/mol. The van der Waals surface area contributed by atoms with Gasteiger partial charge >= 0.3 is 12.0 Å². The lowest BCUT2D eigenvalue weighted by Gasteiger charge is -2.07. The third kappa shape index (κ3) is 4.09.